The maximum Gasteiger partial charge on any atom is 0.220 e. The van der Waals surface area contributed by atoms with E-state index in [1.165, 1.54) is 22.4 Å². The second-order valence-corrected chi connectivity index (χ2v) is 10.2. The lowest BCUT2D eigenvalue weighted by molar-refractivity contribution is -0.121. The molecule has 6 rings (SSSR count). The Morgan fingerprint density at radius 1 is 1.20 bits per heavy atom. The van der Waals surface area contributed by atoms with Gasteiger partial charge in [-0.2, -0.15) is 0 Å². The van der Waals surface area contributed by atoms with Gasteiger partial charge >= 0.3 is 0 Å². The quantitative estimate of drug-likeness (QED) is 0.394. The van der Waals surface area contributed by atoms with Crippen molar-refractivity contribution in [3.8, 4) is 22.7 Å². The minimum atomic E-state index is 0.0780. The van der Waals surface area contributed by atoms with Crippen LogP contribution in [0.3, 0.4) is 0 Å². The number of methoxy groups -OCH3 is 1. The zero-order valence-corrected chi connectivity index (χ0v) is 20.7. The third kappa shape index (κ3) is 4.34. The van der Waals surface area contributed by atoms with E-state index in [1.807, 2.05) is 11.6 Å². The Hall–Kier alpha value is -3.16. The molecule has 7 heteroatoms. The molecule has 1 unspecified atom stereocenters. The number of aromatic nitrogens is 2. The van der Waals surface area contributed by atoms with E-state index >= 15 is 0 Å². The molecule has 3 heterocycles. The predicted molar refractivity (Wildman–Crippen MR) is 139 cm³/mol. The average Bonchev–Trinajstić information content (AvgIpc) is 3.64. The van der Waals surface area contributed by atoms with Gasteiger partial charge in [-0.3, -0.25) is 4.79 Å². The summed E-state index contributed by atoms with van der Waals surface area (Å²) in [6, 6.07) is 15.1. The van der Waals surface area contributed by atoms with E-state index in [4.69, 9.17) is 9.47 Å². The summed E-state index contributed by atoms with van der Waals surface area (Å²) in [7, 11) is 1.71. The number of carbonyl (C=O) groups is 1. The lowest BCUT2D eigenvalue weighted by atomic mass is 9.90. The molecule has 4 aromatic rings. The van der Waals surface area contributed by atoms with E-state index in [-0.39, 0.29) is 12.0 Å². The van der Waals surface area contributed by atoms with Crippen LogP contribution in [0.15, 0.2) is 48.0 Å². The average molecular weight is 488 g/mol. The monoisotopic (exact) mass is 487 g/mol. The number of benzene rings is 2. The van der Waals surface area contributed by atoms with Crippen LogP contribution in [0.1, 0.15) is 36.1 Å². The molecule has 1 atom stereocenters. The summed E-state index contributed by atoms with van der Waals surface area (Å²) < 4.78 is 14.6. The fourth-order valence-corrected chi connectivity index (χ4v) is 6.04. The number of hydrogen-bond donors (Lipinski definition) is 1. The molecule has 1 aliphatic heterocycles. The highest BCUT2D eigenvalue weighted by Crippen LogP contribution is 2.40. The smallest absolute Gasteiger partial charge is 0.220 e. The standard InChI is InChI=1S/C28H29N3O3S/c1-33-22-8-9-24-18(14-22)4-5-19-13-20(7-11-27(32)29-16-23-3-2-12-34-23)31(28(19)24)21-6-10-25-26(15-21)35-17-30-25/h6,8-10,13-15,17,23H,2-5,7,11-12,16H2,1H3,(H,29,32). The highest BCUT2D eigenvalue weighted by Gasteiger charge is 2.25. The first-order valence-electron chi connectivity index (χ1n) is 12.3. The summed E-state index contributed by atoms with van der Waals surface area (Å²) in [5.41, 5.74) is 10.3. The van der Waals surface area contributed by atoms with Crippen molar-refractivity contribution in [2.24, 2.45) is 0 Å². The molecule has 6 nitrogen and oxygen atoms in total. The molecule has 1 N–H and O–H groups in total. The first-order valence-corrected chi connectivity index (χ1v) is 13.2. The van der Waals surface area contributed by atoms with Crippen LogP contribution in [-0.2, 0) is 28.8 Å². The minimum absolute atomic E-state index is 0.0780. The largest absolute Gasteiger partial charge is 0.497 e. The molecule has 1 amide bonds. The fourth-order valence-electron chi connectivity index (χ4n) is 5.33. The number of ether oxygens (including phenoxy) is 2. The van der Waals surface area contributed by atoms with Crippen molar-refractivity contribution in [3.05, 3.63) is 64.8 Å². The van der Waals surface area contributed by atoms with Gasteiger partial charge in [0.2, 0.25) is 5.91 Å². The molecule has 2 aromatic carbocycles. The van der Waals surface area contributed by atoms with Gasteiger partial charge in [0.1, 0.15) is 5.75 Å². The number of nitrogens with zero attached hydrogens (tertiary/aromatic N) is 2. The molecule has 0 bridgehead atoms. The van der Waals surface area contributed by atoms with E-state index in [0.717, 1.165) is 59.6 Å². The first kappa shape index (κ1) is 22.3. The van der Waals surface area contributed by atoms with E-state index in [9.17, 15) is 4.79 Å². The highest BCUT2D eigenvalue weighted by molar-refractivity contribution is 7.16. The number of rotatable bonds is 7. The van der Waals surface area contributed by atoms with Crippen molar-refractivity contribution >= 4 is 27.5 Å². The summed E-state index contributed by atoms with van der Waals surface area (Å²) >= 11 is 1.65. The Morgan fingerprint density at radius 3 is 2.97 bits per heavy atom. The fraction of sp³-hybridized carbons (Fsp3) is 0.357. The van der Waals surface area contributed by atoms with Crippen LogP contribution in [0.4, 0.5) is 0 Å². The first-order chi connectivity index (χ1) is 17.2. The van der Waals surface area contributed by atoms with E-state index in [1.54, 1.807) is 18.4 Å². The van der Waals surface area contributed by atoms with Gasteiger partial charge < -0.3 is 19.4 Å². The van der Waals surface area contributed by atoms with Gasteiger partial charge in [0.15, 0.2) is 0 Å². The van der Waals surface area contributed by atoms with Crippen LogP contribution in [0.25, 0.3) is 27.2 Å². The SMILES string of the molecule is COc1ccc2c(c1)CCc1cc(CCC(=O)NCC3CCCO3)n(-c3ccc4ncsc4c3)c1-2. The topological polar surface area (TPSA) is 65.4 Å². The van der Waals surface area contributed by atoms with Crippen molar-refractivity contribution in [2.45, 2.75) is 44.6 Å². The molecule has 1 fully saturated rings. The number of fused-ring (bicyclic) bond motifs is 4. The number of amides is 1. The van der Waals surface area contributed by atoms with Crippen molar-refractivity contribution < 1.29 is 14.3 Å². The second-order valence-electron chi connectivity index (χ2n) is 9.31. The van der Waals surface area contributed by atoms with Gasteiger partial charge in [-0.25, -0.2) is 4.98 Å². The van der Waals surface area contributed by atoms with Gasteiger partial charge in [0.05, 0.1) is 34.6 Å². The van der Waals surface area contributed by atoms with Crippen molar-refractivity contribution in [2.75, 3.05) is 20.3 Å². The highest BCUT2D eigenvalue weighted by atomic mass is 32.1. The van der Waals surface area contributed by atoms with Crippen molar-refractivity contribution in [3.63, 3.8) is 0 Å². The molecule has 0 radical (unpaired) electrons. The van der Waals surface area contributed by atoms with E-state index in [0.29, 0.717) is 19.4 Å². The normalized spacial score (nSPS) is 16.8. The van der Waals surface area contributed by atoms with Gasteiger partial charge in [0, 0.05) is 36.5 Å². The molecule has 0 spiro atoms. The maximum atomic E-state index is 12.7. The Bertz CT molecular complexity index is 1380. The van der Waals surface area contributed by atoms with E-state index in [2.05, 4.69) is 51.3 Å². The van der Waals surface area contributed by atoms with Crippen LogP contribution in [0.2, 0.25) is 0 Å². The Morgan fingerprint density at radius 2 is 2.11 bits per heavy atom. The van der Waals surface area contributed by atoms with Gasteiger partial charge in [-0.05, 0) is 85.7 Å². The van der Waals surface area contributed by atoms with Gasteiger partial charge in [-0.1, -0.05) is 0 Å². The Kier molecular flexibility index (Phi) is 6.04. The van der Waals surface area contributed by atoms with Crippen LogP contribution in [-0.4, -0.2) is 41.8 Å². The number of nitrogens with one attached hydrogen (secondary N) is 1. The molecule has 1 saturated heterocycles. The molecule has 180 valence electrons. The number of hydrogen-bond acceptors (Lipinski definition) is 5. The van der Waals surface area contributed by atoms with Gasteiger partial charge in [0.25, 0.3) is 0 Å². The van der Waals surface area contributed by atoms with Crippen molar-refractivity contribution in [1.29, 1.82) is 0 Å². The molecule has 35 heavy (non-hydrogen) atoms. The van der Waals surface area contributed by atoms with Crippen LogP contribution in [0, 0.1) is 0 Å². The Labute approximate surface area is 208 Å². The van der Waals surface area contributed by atoms with Crippen molar-refractivity contribution in [1.82, 2.24) is 14.9 Å². The number of carbonyl (C=O) groups excluding carboxylic acids is 1. The summed E-state index contributed by atoms with van der Waals surface area (Å²) in [6.45, 7) is 1.41. The third-order valence-corrected chi connectivity index (χ3v) is 7.91. The third-order valence-electron chi connectivity index (χ3n) is 7.12. The molecular weight excluding hydrogens is 458 g/mol. The van der Waals surface area contributed by atoms with E-state index < -0.39 is 0 Å². The van der Waals surface area contributed by atoms with Crippen LogP contribution < -0.4 is 10.1 Å². The summed E-state index contributed by atoms with van der Waals surface area (Å²) in [5, 5.41) is 3.07. The molecule has 0 saturated carbocycles. The minimum Gasteiger partial charge on any atom is -0.497 e. The predicted octanol–water partition coefficient (Wildman–Crippen LogP) is 5.09. The number of thiazole rings is 1. The maximum absolute atomic E-state index is 12.7. The summed E-state index contributed by atoms with van der Waals surface area (Å²) in [6.07, 6.45) is 5.36. The molecule has 2 aliphatic rings. The molecule has 2 aromatic heterocycles. The number of aryl methyl sites for hydroxylation is 3. The van der Waals surface area contributed by atoms with Crippen LogP contribution in [0.5, 0.6) is 5.75 Å². The molecule has 1 aliphatic carbocycles. The second kappa shape index (κ2) is 9.47. The molecular formula is C28H29N3O3S. The van der Waals surface area contributed by atoms with Gasteiger partial charge in [-0.15, -0.1) is 11.3 Å². The summed E-state index contributed by atoms with van der Waals surface area (Å²) in [4.78, 5) is 17.1. The zero-order chi connectivity index (χ0) is 23.8. The van der Waals surface area contributed by atoms with Crippen LogP contribution >= 0.6 is 11.3 Å². The lowest BCUT2D eigenvalue weighted by Crippen LogP contribution is -2.31. The summed E-state index contributed by atoms with van der Waals surface area (Å²) in [5.74, 6) is 0.966. The zero-order valence-electron chi connectivity index (χ0n) is 19.9. The lowest BCUT2D eigenvalue weighted by Gasteiger charge is -2.21. The Balaban J connectivity index is 1.35.